The summed E-state index contributed by atoms with van der Waals surface area (Å²) < 4.78 is 5.46. The van der Waals surface area contributed by atoms with Crippen molar-refractivity contribution in [1.29, 1.82) is 0 Å². The number of rotatable bonds is 2. The predicted molar refractivity (Wildman–Crippen MR) is 94.2 cm³/mol. The molecule has 1 fully saturated rings. The summed E-state index contributed by atoms with van der Waals surface area (Å²) in [6, 6.07) is 6.81. The van der Waals surface area contributed by atoms with Crippen LogP contribution >= 0.6 is 0 Å². The zero-order valence-electron chi connectivity index (χ0n) is 14.9. The van der Waals surface area contributed by atoms with Crippen LogP contribution in [-0.2, 0) is 4.74 Å². The zero-order chi connectivity index (χ0) is 17.7. The highest BCUT2D eigenvalue weighted by atomic mass is 16.5. The summed E-state index contributed by atoms with van der Waals surface area (Å²) in [5.74, 6) is 0.151. The fourth-order valence-electron chi connectivity index (χ4n) is 2.52. The number of amides is 3. The van der Waals surface area contributed by atoms with Crippen molar-refractivity contribution in [2.24, 2.45) is 5.92 Å². The van der Waals surface area contributed by atoms with Gasteiger partial charge in [0.25, 0.3) is 5.91 Å². The van der Waals surface area contributed by atoms with E-state index in [9.17, 15) is 9.59 Å². The minimum Gasteiger partial charge on any atom is -0.379 e. The average molecular weight is 333 g/mol. The number of anilines is 1. The van der Waals surface area contributed by atoms with Crippen molar-refractivity contribution < 1.29 is 14.3 Å². The molecule has 1 unspecified atom stereocenters. The van der Waals surface area contributed by atoms with Crippen molar-refractivity contribution in [3.8, 4) is 0 Å². The molecule has 1 aromatic carbocycles. The van der Waals surface area contributed by atoms with Crippen LogP contribution in [0.3, 0.4) is 0 Å². The van der Waals surface area contributed by atoms with Crippen molar-refractivity contribution in [3.63, 3.8) is 0 Å². The van der Waals surface area contributed by atoms with Crippen LogP contribution in [0.25, 0.3) is 0 Å². The number of hydrogen-bond donors (Lipinski definition) is 2. The van der Waals surface area contributed by atoms with E-state index >= 15 is 0 Å². The van der Waals surface area contributed by atoms with E-state index < -0.39 is 0 Å². The highest BCUT2D eigenvalue weighted by molar-refractivity contribution is 5.97. The molecule has 132 valence electrons. The van der Waals surface area contributed by atoms with Crippen LogP contribution in [0.5, 0.6) is 0 Å². The summed E-state index contributed by atoms with van der Waals surface area (Å²) in [5, 5.41) is 5.78. The number of nitrogens with zero attached hydrogens (tertiary/aromatic N) is 1. The molecule has 3 amide bonds. The van der Waals surface area contributed by atoms with Gasteiger partial charge in [-0.15, -0.1) is 0 Å². The Bertz CT molecular complexity index is 595. The summed E-state index contributed by atoms with van der Waals surface area (Å²) in [6.07, 6.45) is 0. The number of carbonyl (C=O) groups is 2. The van der Waals surface area contributed by atoms with Gasteiger partial charge in [-0.25, -0.2) is 4.79 Å². The van der Waals surface area contributed by atoms with Crippen LogP contribution < -0.4 is 10.6 Å². The fourth-order valence-corrected chi connectivity index (χ4v) is 2.52. The van der Waals surface area contributed by atoms with Crippen molar-refractivity contribution >= 4 is 17.6 Å². The van der Waals surface area contributed by atoms with Crippen LogP contribution in [0, 0.1) is 5.92 Å². The Morgan fingerprint density at radius 3 is 2.75 bits per heavy atom. The molecule has 1 aromatic rings. The Hall–Kier alpha value is -2.08. The van der Waals surface area contributed by atoms with E-state index in [1.54, 1.807) is 29.2 Å². The van der Waals surface area contributed by atoms with E-state index in [0.717, 1.165) is 0 Å². The molecular weight excluding hydrogens is 306 g/mol. The van der Waals surface area contributed by atoms with Crippen molar-refractivity contribution in [2.45, 2.75) is 33.2 Å². The monoisotopic (exact) mass is 333 g/mol. The van der Waals surface area contributed by atoms with Gasteiger partial charge in [-0.2, -0.15) is 0 Å². The molecule has 1 atom stereocenters. The maximum atomic E-state index is 12.4. The van der Waals surface area contributed by atoms with Crippen molar-refractivity contribution in [1.82, 2.24) is 10.2 Å². The molecule has 1 aliphatic heterocycles. The molecule has 0 saturated carbocycles. The number of nitrogens with one attached hydrogen (secondary N) is 2. The molecule has 0 radical (unpaired) electrons. The smallest absolute Gasteiger partial charge is 0.321 e. The molecule has 1 saturated heterocycles. The van der Waals surface area contributed by atoms with Crippen LogP contribution in [0.1, 0.15) is 38.1 Å². The molecule has 0 bridgehead atoms. The summed E-state index contributed by atoms with van der Waals surface area (Å²) in [4.78, 5) is 26.4. The Labute approximate surface area is 143 Å². The number of carbonyl (C=O) groups excluding carboxylic acids is 2. The number of urea groups is 1. The van der Waals surface area contributed by atoms with Gasteiger partial charge in [-0.1, -0.05) is 13.0 Å². The van der Waals surface area contributed by atoms with Crippen LogP contribution in [0.15, 0.2) is 24.3 Å². The van der Waals surface area contributed by atoms with Gasteiger partial charge < -0.3 is 20.3 Å². The maximum Gasteiger partial charge on any atom is 0.321 e. The summed E-state index contributed by atoms with van der Waals surface area (Å²) in [6.45, 7) is 10.3. The standard InChI is InChI=1S/C18H27N3O3/c1-13-11-21(8-9-24-12-13)17(23)19-15-7-5-6-14(10-15)16(22)20-18(2,3)4/h5-7,10,13H,8-9,11-12H2,1-4H3,(H,19,23)(H,20,22). The molecule has 1 heterocycles. The summed E-state index contributed by atoms with van der Waals surface area (Å²) in [5.41, 5.74) is 0.827. The quantitative estimate of drug-likeness (QED) is 0.874. The lowest BCUT2D eigenvalue weighted by Gasteiger charge is -2.23. The number of hydrogen-bond acceptors (Lipinski definition) is 3. The number of ether oxygens (including phenoxy) is 1. The Morgan fingerprint density at radius 2 is 2.04 bits per heavy atom. The van der Waals surface area contributed by atoms with Gasteiger partial charge in [0.05, 0.1) is 13.2 Å². The van der Waals surface area contributed by atoms with Gasteiger partial charge in [-0.3, -0.25) is 4.79 Å². The molecule has 0 aromatic heterocycles. The summed E-state index contributed by atoms with van der Waals surface area (Å²) >= 11 is 0. The second-order valence-corrected chi connectivity index (χ2v) is 7.34. The van der Waals surface area contributed by atoms with Gasteiger partial charge in [0.2, 0.25) is 0 Å². The lowest BCUT2D eigenvalue weighted by Crippen LogP contribution is -2.40. The van der Waals surface area contributed by atoms with Crippen LogP contribution in [0.2, 0.25) is 0 Å². The van der Waals surface area contributed by atoms with Gasteiger partial charge in [0, 0.05) is 29.9 Å². The first kappa shape index (κ1) is 18.3. The van der Waals surface area contributed by atoms with Gasteiger partial charge in [0.15, 0.2) is 0 Å². The molecule has 24 heavy (non-hydrogen) atoms. The largest absolute Gasteiger partial charge is 0.379 e. The van der Waals surface area contributed by atoms with Crippen LogP contribution in [-0.4, -0.2) is 48.7 Å². The van der Waals surface area contributed by atoms with E-state index in [-0.39, 0.29) is 17.5 Å². The lowest BCUT2D eigenvalue weighted by atomic mass is 10.1. The van der Waals surface area contributed by atoms with E-state index in [2.05, 4.69) is 17.6 Å². The van der Waals surface area contributed by atoms with Crippen molar-refractivity contribution in [3.05, 3.63) is 29.8 Å². The highest BCUT2D eigenvalue weighted by Crippen LogP contribution is 2.14. The first-order valence-electron chi connectivity index (χ1n) is 8.31. The normalized spacial score (nSPS) is 18.7. The topological polar surface area (TPSA) is 70.7 Å². The Morgan fingerprint density at radius 1 is 1.29 bits per heavy atom. The molecule has 6 heteroatoms. The molecule has 0 spiro atoms. The first-order chi connectivity index (χ1) is 11.2. The molecular formula is C18H27N3O3. The molecule has 1 aliphatic rings. The SMILES string of the molecule is CC1COCCN(C(=O)Nc2cccc(C(=O)NC(C)(C)C)c2)C1. The highest BCUT2D eigenvalue weighted by Gasteiger charge is 2.20. The van der Waals surface area contributed by atoms with Crippen LogP contribution in [0.4, 0.5) is 10.5 Å². The third kappa shape index (κ3) is 5.53. The maximum absolute atomic E-state index is 12.4. The fraction of sp³-hybridized carbons (Fsp3) is 0.556. The summed E-state index contributed by atoms with van der Waals surface area (Å²) in [7, 11) is 0. The number of benzene rings is 1. The lowest BCUT2D eigenvalue weighted by molar-refractivity contribution is 0.0919. The predicted octanol–water partition coefficient (Wildman–Crippen LogP) is 2.72. The molecule has 6 nitrogen and oxygen atoms in total. The Balaban J connectivity index is 2.03. The van der Waals surface area contributed by atoms with Gasteiger partial charge >= 0.3 is 6.03 Å². The van der Waals surface area contributed by atoms with Gasteiger partial charge in [-0.05, 0) is 44.9 Å². The minimum atomic E-state index is -0.307. The van der Waals surface area contributed by atoms with E-state index in [0.29, 0.717) is 43.5 Å². The van der Waals surface area contributed by atoms with E-state index in [1.807, 2.05) is 20.8 Å². The second-order valence-electron chi connectivity index (χ2n) is 7.34. The van der Waals surface area contributed by atoms with Gasteiger partial charge in [0.1, 0.15) is 0 Å². The third-order valence-corrected chi connectivity index (χ3v) is 3.59. The van der Waals surface area contributed by atoms with E-state index in [1.165, 1.54) is 0 Å². The average Bonchev–Trinajstić information content (AvgIpc) is 2.70. The second kappa shape index (κ2) is 7.66. The molecule has 0 aliphatic carbocycles. The van der Waals surface area contributed by atoms with Crippen molar-refractivity contribution in [2.75, 3.05) is 31.6 Å². The zero-order valence-corrected chi connectivity index (χ0v) is 14.9. The first-order valence-corrected chi connectivity index (χ1v) is 8.31. The Kier molecular flexibility index (Phi) is 5.83. The minimum absolute atomic E-state index is 0.157. The van der Waals surface area contributed by atoms with E-state index in [4.69, 9.17) is 4.74 Å². The molecule has 2 rings (SSSR count). The third-order valence-electron chi connectivity index (χ3n) is 3.59. The molecule has 2 N–H and O–H groups in total.